The third-order valence-corrected chi connectivity index (χ3v) is 1.73. The number of carboxylic acids is 2. The van der Waals surface area contributed by atoms with E-state index in [1.54, 1.807) is 0 Å². The molecule has 0 radical (unpaired) electrons. The predicted octanol–water partition coefficient (Wildman–Crippen LogP) is -5.32. The molecule has 9 nitrogen and oxygen atoms in total. The first kappa shape index (κ1) is 15.8. The fourth-order valence-corrected chi connectivity index (χ4v) is 1.09. The van der Waals surface area contributed by atoms with Crippen LogP contribution in [0.2, 0.25) is 0 Å². The first-order chi connectivity index (χ1) is 7.50. The summed E-state index contributed by atoms with van der Waals surface area (Å²) in [4.78, 5) is 28.5. The first-order valence-corrected chi connectivity index (χ1v) is 4.50. The molecular weight excluding hydrogens is 263 g/mol. The van der Waals surface area contributed by atoms with E-state index in [4.69, 9.17) is 10.8 Å². The molecule has 0 aliphatic rings. The van der Waals surface area contributed by atoms with E-state index in [0.29, 0.717) is 0 Å². The van der Waals surface area contributed by atoms with Crippen molar-refractivity contribution in [3.8, 4) is 0 Å². The molecule has 1 aromatic rings. The summed E-state index contributed by atoms with van der Waals surface area (Å²) in [6.45, 7) is -0.781. The minimum atomic E-state index is -1.69. The van der Waals surface area contributed by atoms with Crippen molar-refractivity contribution in [2.75, 3.05) is 12.3 Å². The van der Waals surface area contributed by atoms with Crippen LogP contribution in [0, 0.1) is 0 Å². The van der Waals surface area contributed by atoms with Gasteiger partial charge in [0, 0.05) is 11.5 Å². The van der Waals surface area contributed by atoms with Gasteiger partial charge in [-0.05, 0) is 0 Å². The molecule has 0 atom stereocenters. The molecule has 3 N–H and O–H groups in total. The number of anilines is 1. The average molecular weight is 268 g/mol. The Morgan fingerprint density at radius 2 is 2.24 bits per heavy atom. The number of carbonyl (C=O) groups is 2. The molecule has 0 bridgehead atoms. The zero-order valence-corrected chi connectivity index (χ0v) is 11.4. The molecule has 0 aliphatic heterocycles. The second-order valence-corrected chi connectivity index (χ2v) is 3.13. The van der Waals surface area contributed by atoms with E-state index >= 15 is 0 Å². The Kier molecular flexibility index (Phi) is 6.65. The van der Waals surface area contributed by atoms with Crippen molar-refractivity contribution in [1.82, 2.24) is 9.36 Å². The second kappa shape index (κ2) is 7.17. The summed E-state index contributed by atoms with van der Waals surface area (Å²) in [6, 6.07) is 0. The van der Waals surface area contributed by atoms with Crippen molar-refractivity contribution in [2.45, 2.75) is 0 Å². The average Bonchev–Trinajstić information content (AvgIpc) is 2.58. The number of carbonyl (C=O) groups excluding carboxylic acids is 1. The summed E-state index contributed by atoms with van der Waals surface area (Å²) in [5.41, 5.74) is 4.52. The normalized spacial score (nSPS) is 10.5. The minimum absolute atomic E-state index is 0. The van der Waals surface area contributed by atoms with Crippen molar-refractivity contribution in [1.29, 1.82) is 0 Å². The molecule has 0 unspecified atom stereocenters. The number of nitrogens with zero attached hydrogens (tertiary/aromatic N) is 3. The van der Waals surface area contributed by atoms with Gasteiger partial charge < -0.3 is 25.6 Å². The SMILES string of the molecule is Nc1nc(/C(=N/OCC(=O)O)C(=O)[O-])ns1.[Na+]. The van der Waals surface area contributed by atoms with Crippen molar-refractivity contribution in [3.05, 3.63) is 5.82 Å². The maximum atomic E-state index is 10.6. The fraction of sp³-hybridized carbons (Fsp3) is 0.167. The van der Waals surface area contributed by atoms with Gasteiger partial charge >= 0.3 is 35.5 Å². The quantitative estimate of drug-likeness (QED) is 0.305. The molecular formula is C6H5N4NaO5S. The first-order valence-electron chi connectivity index (χ1n) is 3.73. The van der Waals surface area contributed by atoms with Crippen LogP contribution < -0.4 is 40.4 Å². The van der Waals surface area contributed by atoms with Crippen LogP contribution in [0.3, 0.4) is 0 Å². The largest absolute Gasteiger partial charge is 1.00 e. The Morgan fingerprint density at radius 3 is 2.65 bits per heavy atom. The Bertz CT molecular complexity index is 447. The molecule has 1 rings (SSSR count). The smallest absolute Gasteiger partial charge is 0.543 e. The summed E-state index contributed by atoms with van der Waals surface area (Å²) in [6.07, 6.45) is 0. The van der Waals surface area contributed by atoms with Gasteiger partial charge in [0.05, 0.1) is 5.97 Å². The molecule has 0 amide bonds. The molecule has 0 aromatic carbocycles. The molecule has 1 heterocycles. The van der Waals surface area contributed by atoms with Crippen LogP contribution in [0.25, 0.3) is 0 Å². The number of rotatable bonds is 5. The molecule has 86 valence electrons. The van der Waals surface area contributed by atoms with Crippen LogP contribution in [0.1, 0.15) is 5.82 Å². The number of hydrogen-bond acceptors (Lipinski definition) is 9. The summed E-state index contributed by atoms with van der Waals surface area (Å²) in [5, 5.41) is 21.9. The van der Waals surface area contributed by atoms with Gasteiger partial charge in [-0.1, -0.05) is 5.16 Å². The second-order valence-electron chi connectivity index (χ2n) is 2.35. The standard InChI is InChI=1S/C6H6N4O5S.Na/c7-6-8-4(10-16-6)3(5(13)14)9-15-1-2(11)12;/h1H2,(H,11,12)(H,13,14)(H2,7,8,10);/q;+1/p-1/b9-3-;. The number of carboxylic acid groups (broad SMARTS) is 2. The number of hydrogen-bond donors (Lipinski definition) is 2. The third kappa shape index (κ3) is 5.08. The van der Waals surface area contributed by atoms with E-state index in [-0.39, 0.29) is 40.5 Å². The zero-order chi connectivity index (χ0) is 12.1. The number of aliphatic carboxylic acids is 2. The Labute approximate surface area is 121 Å². The number of nitrogen functional groups attached to an aromatic ring is 1. The third-order valence-electron chi connectivity index (χ3n) is 1.19. The van der Waals surface area contributed by atoms with Gasteiger partial charge in [0.2, 0.25) is 6.61 Å². The Morgan fingerprint density at radius 1 is 1.59 bits per heavy atom. The molecule has 0 saturated heterocycles. The summed E-state index contributed by atoms with van der Waals surface area (Å²) in [5.74, 6) is -3.27. The van der Waals surface area contributed by atoms with Gasteiger partial charge in [0.1, 0.15) is 0 Å². The van der Waals surface area contributed by atoms with E-state index in [0.717, 1.165) is 11.5 Å². The van der Waals surface area contributed by atoms with Gasteiger partial charge in [-0.3, -0.25) is 0 Å². The molecule has 11 heteroatoms. The molecule has 0 aliphatic carbocycles. The van der Waals surface area contributed by atoms with Crippen LogP contribution in [-0.2, 0) is 14.4 Å². The van der Waals surface area contributed by atoms with Crippen LogP contribution >= 0.6 is 11.5 Å². The van der Waals surface area contributed by atoms with Crippen molar-refractivity contribution in [3.63, 3.8) is 0 Å². The molecule has 17 heavy (non-hydrogen) atoms. The van der Waals surface area contributed by atoms with Crippen LogP contribution in [0.4, 0.5) is 5.13 Å². The van der Waals surface area contributed by atoms with Crippen LogP contribution in [0.15, 0.2) is 5.16 Å². The van der Waals surface area contributed by atoms with Crippen LogP contribution in [0.5, 0.6) is 0 Å². The van der Waals surface area contributed by atoms with Gasteiger partial charge in [-0.15, -0.1) is 0 Å². The Balaban J connectivity index is 0.00000256. The summed E-state index contributed by atoms with van der Waals surface area (Å²) in [7, 11) is 0. The topological polar surface area (TPSA) is 151 Å². The monoisotopic (exact) mass is 268 g/mol. The van der Waals surface area contributed by atoms with E-state index in [2.05, 4.69) is 19.4 Å². The van der Waals surface area contributed by atoms with Crippen molar-refractivity contribution < 1.29 is 54.2 Å². The number of aromatic nitrogens is 2. The minimum Gasteiger partial charge on any atom is -0.543 e. The van der Waals surface area contributed by atoms with Crippen molar-refractivity contribution >= 4 is 34.3 Å². The van der Waals surface area contributed by atoms with E-state index in [9.17, 15) is 14.7 Å². The summed E-state index contributed by atoms with van der Waals surface area (Å²) >= 11 is 0.763. The van der Waals surface area contributed by atoms with E-state index in [1.165, 1.54) is 0 Å². The van der Waals surface area contributed by atoms with Gasteiger partial charge in [-0.2, -0.15) is 9.36 Å². The fourth-order valence-electron chi connectivity index (χ4n) is 0.653. The van der Waals surface area contributed by atoms with Gasteiger partial charge in [0.25, 0.3) is 0 Å². The molecule has 1 aromatic heterocycles. The summed E-state index contributed by atoms with van der Waals surface area (Å²) < 4.78 is 3.56. The molecule has 0 spiro atoms. The Hall–Kier alpha value is -1.23. The number of nitrogens with two attached hydrogens (primary N) is 1. The van der Waals surface area contributed by atoms with Crippen molar-refractivity contribution in [2.24, 2.45) is 5.16 Å². The van der Waals surface area contributed by atoms with Crippen LogP contribution in [-0.4, -0.2) is 38.7 Å². The van der Waals surface area contributed by atoms with E-state index < -0.39 is 24.3 Å². The zero-order valence-electron chi connectivity index (χ0n) is 8.61. The van der Waals surface area contributed by atoms with E-state index in [1.807, 2.05) is 0 Å². The maximum Gasteiger partial charge on any atom is 1.00 e. The molecule has 0 fully saturated rings. The number of oxime groups is 1. The predicted molar refractivity (Wildman–Crippen MR) is 49.5 cm³/mol. The van der Waals surface area contributed by atoms with Gasteiger partial charge in [-0.25, -0.2) is 4.79 Å². The molecule has 0 saturated carbocycles. The maximum absolute atomic E-state index is 10.6. The van der Waals surface area contributed by atoms with Gasteiger partial charge in [0.15, 0.2) is 16.7 Å².